The fraction of sp³-hybridized carbons (Fsp3) is 0.217. The van der Waals surface area contributed by atoms with Crippen LogP contribution in [0.15, 0.2) is 60.8 Å². The molecule has 2 aromatic carbocycles. The van der Waals surface area contributed by atoms with Crippen LogP contribution in [0.4, 0.5) is 10.2 Å². The Morgan fingerprint density at radius 3 is 2.70 bits per heavy atom. The molecule has 30 heavy (non-hydrogen) atoms. The number of anilines is 1. The van der Waals surface area contributed by atoms with E-state index in [1.54, 1.807) is 12.1 Å². The lowest BCUT2D eigenvalue weighted by Gasteiger charge is -2.22. The van der Waals surface area contributed by atoms with E-state index in [0.29, 0.717) is 25.2 Å². The van der Waals surface area contributed by atoms with E-state index < -0.39 is 0 Å². The molecule has 7 heteroatoms. The fourth-order valence-corrected chi connectivity index (χ4v) is 3.96. The van der Waals surface area contributed by atoms with Gasteiger partial charge in [0.05, 0.1) is 5.69 Å². The SMILES string of the molecule is O=C(c1ccc2cc[nH]c2c1)N1CCCN(c2cc(-c3ccc(F)cc3)[nH]n2)CC1. The Kier molecular flexibility index (Phi) is 4.71. The van der Waals surface area contributed by atoms with Crippen molar-refractivity contribution in [1.29, 1.82) is 0 Å². The van der Waals surface area contributed by atoms with Gasteiger partial charge < -0.3 is 14.8 Å². The predicted octanol–water partition coefficient (Wildman–Crippen LogP) is 4.05. The third-order valence-corrected chi connectivity index (χ3v) is 5.63. The van der Waals surface area contributed by atoms with Crippen LogP contribution in [0.2, 0.25) is 0 Å². The van der Waals surface area contributed by atoms with Gasteiger partial charge in [0, 0.05) is 49.5 Å². The third-order valence-electron chi connectivity index (χ3n) is 5.63. The molecule has 0 aliphatic carbocycles. The number of aromatic nitrogens is 3. The maximum absolute atomic E-state index is 13.2. The molecule has 1 aliphatic heterocycles. The zero-order valence-electron chi connectivity index (χ0n) is 16.4. The number of carbonyl (C=O) groups is 1. The molecular formula is C23H22FN5O. The molecule has 1 fully saturated rings. The van der Waals surface area contributed by atoms with Gasteiger partial charge in [-0.25, -0.2) is 4.39 Å². The van der Waals surface area contributed by atoms with Gasteiger partial charge in [0.1, 0.15) is 5.82 Å². The number of nitrogens with zero attached hydrogens (tertiary/aromatic N) is 3. The van der Waals surface area contributed by atoms with Crippen LogP contribution in [-0.4, -0.2) is 52.2 Å². The van der Waals surface area contributed by atoms with E-state index in [1.807, 2.05) is 41.4 Å². The van der Waals surface area contributed by atoms with Gasteiger partial charge in [-0.3, -0.25) is 9.89 Å². The van der Waals surface area contributed by atoms with Crippen molar-refractivity contribution in [2.45, 2.75) is 6.42 Å². The molecule has 0 unspecified atom stereocenters. The van der Waals surface area contributed by atoms with Crippen LogP contribution in [0.25, 0.3) is 22.2 Å². The normalized spacial score (nSPS) is 14.8. The summed E-state index contributed by atoms with van der Waals surface area (Å²) in [4.78, 5) is 20.3. The zero-order valence-corrected chi connectivity index (χ0v) is 16.4. The minimum Gasteiger partial charge on any atom is -0.361 e. The van der Waals surface area contributed by atoms with E-state index in [2.05, 4.69) is 20.1 Å². The fourth-order valence-electron chi connectivity index (χ4n) is 3.96. The van der Waals surface area contributed by atoms with Gasteiger partial charge >= 0.3 is 0 Å². The van der Waals surface area contributed by atoms with Crippen LogP contribution < -0.4 is 4.90 Å². The highest BCUT2D eigenvalue weighted by Crippen LogP contribution is 2.23. The second-order valence-corrected chi connectivity index (χ2v) is 7.56. The van der Waals surface area contributed by atoms with Crippen LogP contribution in [0.1, 0.15) is 16.8 Å². The van der Waals surface area contributed by atoms with Crippen molar-refractivity contribution < 1.29 is 9.18 Å². The van der Waals surface area contributed by atoms with Crippen molar-refractivity contribution in [3.63, 3.8) is 0 Å². The standard InChI is InChI=1S/C23H22FN5O/c24-19-6-4-16(5-7-19)21-15-22(27-26-21)28-10-1-11-29(13-12-28)23(30)18-3-2-17-8-9-25-20(17)14-18/h2-9,14-15,25H,1,10-13H2,(H,26,27). The van der Waals surface area contributed by atoms with Gasteiger partial charge in [-0.15, -0.1) is 0 Å². The lowest BCUT2D eigenvalue weighted by Crippen LogP contribution is -2.35. The van der Waals surface area contributed by atoms with E-state index >= 15 is 0 Å². The van der Waals surface area contributed by atoms with Crippen LogP contribution in [0.5, 0.6) is 0 Å². The van der Waals surface area contributed by atoms with E-state index in [9.17, 15) is 9.18 Å². The highest BCUT2D eigenvalue weighted by Gasteiger charge is 2.22. The summed E-state index contributed by atoms with van der Waals surface area (Å²) in [7, 11) is 0. The quantitative estimate of drug-likeness (QED) is 0.542. The first kappa shape index (κ1) is 18.4. The van der Waals surface area contributed by atoms with Crippen molar-refractivity contribution in [3.8, 4) is 11.3 Å². The summed E-state index contributed by atoms with van der Waals surface area (Å²) >= 11 is 0. The largest absolute Gasteiger partial charge is 0.361 e. The number of hydrogen-bond donors (Lipinski definition) is 2. The second kappa shape index (κ2) is 7.67. The average molecular weight is 403 g/mol. The minimum atomic E-state index is -0.258. The van der Waals surface area contributed by atoms with E-state index in [4.69, 9.17) is 0 Å². The molecule has 1 aliphatic rings. The van der Waals surface area contributed by atoms with Crippen LogP contribution in [0.3, 0.4) is 0 Å². The Hall–Kier alpha value is -3.61. The molecule has 2 aromatic heterocycles. The van der Waals surface area contributed by atoms with Gasteiger partial charge in [-0.1, -0.05) is 6.07 Å². The first-order chi connectivity index (χ1) is 14.7. The smallest absolute Gasteiger partial charge is 0.253 e. The molecule has 4 aromatic rings. The van der Waals surface area contributed by atoms with E-state index in [0.717, 1.165) is 40.9 Å². The van der Waals surface area contributed by atoms with E-state index in [1.165, 1.54) is 12.1 Å². The van der Waals surface area contributed by atoms with Crippen molar-refractivity contribution in [3.05, 3.63) is 72.2 Å². The summed E-state index contributed by atoms with van der Waals surface area (Å²) in [6, 6.07) is 16.1. The molecule has 0 saturated carbocycles. The lowest BCUT2D eigenvalue weighted by atomic mass is 10.1. The molecule has 1 saturated heterocycles. The van der Waals surface area contributed by atoms with Crippen molar-refractivity contribution in [2.24, 2.45) is 0 Å². The summed E-state index contributed by atoms with van der Waals surface area (Å²) in [5.74, 6) is 0.644. The summed E-state index contributed by atoms with van der Waals surface area (Å²) < 4.78 is 13.2. The minimum absolute atomic E-state index is 0.0578. The summed E-state index contributed by atoms with van der Waals surface area (Å²) in [5, 5.41) is 8.57. The number of hydrogen-bond acceptors (Lipinski definition) is 3. The maximum atomic E-state index is 13.2. The Morgan fingerprint density at radius 1 is 0.967 bits per heavy atom. The second-order valence-electron chi connectivity index (χ2n) is 7.56. The lowest BCUT2D eigenvalue weighted by molar-refractivity contribution is 0.0767. The first-order valence-electron chi connectivity index (χ1n) is 10.1. The molecule has 0 spiro atoms. The topological polar surface area (TPSA) is 68.0 Å². The Bertz CT molecular complexity index is 1180. The maximum Gasteiger partial charge on any atom is 0.253 e. The molecule has 3 heterocycles. The predicted molar refractivity (Wildman–Crippen MR) is 115 cm³/mol. The van der Waals surface area contributed by atoms with Gasteiger partial charge in [0.15, 0.2) is 5.82 Å². The van der Waals surface area contributed by atoms with Gasteiger partial charge in [0.2, 0.25) is 0 Å². The molecule has 2 N–H and O–H groups in total. The molecule has 6 nitrogen and oxygen atoms in total. The molecule has 0 atom stereocenters. The molecule has 5 rings (SSSR count). The van der Waals surface area contributed by atoms with Crippen LogP contribution >= 0.6 is 0 Å². The van der Waals surface area contributed by atoms with Crippen LogP contribution in [0, 0.1) is 5.82 Å². The summed E-state index contributed by atoms with van der Waals surface area (Å²) in [6.07, 6.45) is 2.75. The third kappa shape index (κ3) is 3.54. The van der Waals surface area contributed by atoms with Gasteiger partial charge in [-0.05, 0) is 59.8 Å². The monoisotopic (exact) mass is 403 g/mol. The Morgan fingerprint density at radius 2 is 1.83 bits per heavy atom. The number of carbonyl (C=O) groups excluding carboxylic acids is 1. The first-order valence-corrected chi connectivity index (χ1v) is 10.1. The number of nitrogens with one attached hydrogen (secondary N) is 2. The summed E-state index contributed by atoms with van der Waals surface area (Å²) in [5.41, 5.74) is 3.42. The number of fused-ring (bicyclic) bond motifs is 1. The van der Waals surface area contributed by atoms with Gasteiger partial charge in [0.25, 0.3) is 5.91 Å². The van der Waals surface area contributed by atoms with E-state index in [-0.39, 0.29) is 11.7 Å². The molecule has 0 radical (unpaired) electrons. The molecule has 152 valence electrons. The highest BCUT2D eigenvalue weighted by molar-refractivity contribution is 5.98. The number of amides is 1. The molecule has 1 amide bonds. The zero-order chi connectivity index (χ0) is 20.5. The van der Waals surface area contributed by atoms with Crippen LogP contribution in [-0.2, 0) is 0 Å². The van der Waals surface area contributed by atoms with Crippen molar-refractivity contribution in [2.75, 3.05) is 31.1 Å². The highest BCUT2D eigenvalue weighted by atomic mass is 19.1. The average Bonchev–Trinajstić information content (AvgIpc) is 3.38. The number of benzene rings is 2. The number of H-pyrrole nitrogens is 2. The number of rotatable bonds is 3. The van der Waals surface area contributed by atoms with Crippen molar-refractivity contribution >= 4 is 22.6 Å². The number of halogens is 1. The number of aromatic amines is 2. The molecule has 0 bridgehead atoms. The van der Waals surface area contributed by atoms with Gasteiger partial charge in [-0.2, -0.15) is 5.10 Å². The Balaban J connectivity index is 1.28. The molecular weight excluding hydrogens is 381 g/mol. The van der Waals surface area contributed by atoms with Crippen molar-refractivity contribution in [1.82, 2.24) is 20.1 Å². The Labute approximate surface area is 173 Å². The summed E-state index contributed by atoms with van der Waals surface area (Å²) in [6.45, 7) is 2.89.